The molecule has 0 atom stereocenters. The molecule has 0 spiro atoms. The standard InChI is InChI=1S/C15H23BN2O3/c1-11(2)21-15(19)18-7-4-12(5-8-18)10-20-14-9-13(16)3-6-17-14/h3,6,9,11-12H,4-5,7-8,10,16H2,1-2H3. The van der Waals surface area contributed by atoms with Crippen LogP contribution < -0.4 is 10.2 Å². The SMILES string of the molecule is Bc1ccnc(OCC2CCN(C(=O)OC(C)C)CC2)c1. The number of hydrogen-bond donors (Lipinski definition) is 0. The van der Waals surface area contributed by atoms with Crippen molar-refractivity contribution in [2.24, 2.45) is 5.92 Å². The molecule has 1 aromatic heterocycles. The molecule has 6 heteroatoms. The van der Waals surface area contributed by atoms with Crippen molar-refractivity contribution >= 4 is 19.4 Å². The van der Waals surface area contributed by atoms with Gasteiger partial charge >= 0.3 is 6.09 Å². The molecule has 5 nitrogen and oxygen atoms in total. The predicted octanol–water partition coefficient (Wildman–Crippen LogP) is 0.976. The monoisotopic (exact) mass is 290 g/mol. The zero-order chi connectivity index (χ0) is 15.2. The number of nitrogens with zero attached hydrogens (tertiary/aromatic N) is 2. The highest BCUT2D eigenvalue weighted by Crippen LogP contribution is 2.19. The van der Waals surface area contributed by atoms with E-state index in [2.05, 4.69) is 4.98 Å². The van der Waals surface area contributed by atoms with Crippen LogP contribution in [0.3, 0.4) is 0 Å². The van der Waals surface area contributed by atoms with Gasteiger partial charge in [-0.2, -0.15) is 0 Å². The minimum atomic E-state index is -0.204. The van der Waals surface area contributed by atoms with Gasteiger partial charge in [-0.15, -0.1) is 0 Å². The van der Waals surface area contributed by atoms with Crippen LogP contribution in [-0.2, 0) is 4.74 Å². The summed E-state index contributed by atoms with van der Waals surface area (Å²) >= 11 is 0. The number of hydrogen-bond acceptors (Lipinski definition) is 4. The molecule has 0 aromatic carbocycles. The van der Waals surface area contributed by atoms with Gasteiger partial charge in [-0.25, -0.2) is 9.78 Å². The predicted molar refractivity (Wildman–Crippen MR) is 83.8 cm³/mol. The fourth-order valence-corrected chi connectivity index (χ4v) is 2.35. The molecule has 2 heterocycles. The fraction of sp³-hybridized carbons (Fsp3) is 0.600. The lowest BCUT2D eigenvalue weighted by atomic mass is 9.97. The molecular weight excluding hydrogens is 267 g/mol. The van der Waals surface area contributed by atoms with E-state index in [4.69, 9.17) is 9.47 Å². The van der Waals surface area contributed by atoms with Gasteiger partial charge < -0.3 is 14.4 Å². The molecule has 1 aromatic rings. The molecule has 1 fully saturated rings. The van der Waals surface area contributed by atoms with Crippen LogP contribution in [-0.4, -0.2) is 49.6 Å². The van der Waals surface area contributed by atoms with Crippen molar-refractivity contribution in [1.29, 1.82) is 0 Å². The highest BCUT2D eigenvalue weighted by Gasteiger charge is 2.24. The minimum Gasteiger partial charge on any atom is -0.477 e. The van der Waals surface area contributed by atoms with Crippen LogP contribution in [0.4, 0.5) is 4.79 Å². The van der Waals surface area contributed by atoms with E-state index in [9.17, 15) is 4.79 Å². The average molecular weight is 290 g/mol. The Balaban J connectivity index is 1.73. The Kier molecular flexibility index (Phi) is 5.48. The zero-order valence-electron chi connectivity index (χ0n) is 13.0. The molecule has 1 aliphatic heterocycles. The molecule has 0 aliphatic carbocycles. The van der Waals surface area contributed by atoms with Gasteiger partial charge in [0.05, 0.1) is 12.7 Å². The smallest absolute Gasteiger partial charge is 0.410 e. The number of amides is 1. The Morgan fingerprint density at radius 3 is 2.81 bits per heavy atom. The van der Waals surface area contributed by atoms with E-state index >= 15 is 0 Å². The molecule has 0 N–H and O–H groups in total. The lowest BCUT2D eigenvalue weighted by molar-refractivity contribution is 0.0606. The Morgan fingerprint density at radius 2 is 2.19 bits per heavy atom. The fourth-order valence-electron chi connectivity index (χ4n) is 2.35. The van der Waals surface area contributed by atoms with Gasteiger partial charge in [0.2, 0.25) is 5.88 Å². The van der Waals surface area contributed by atoms with E-state index < -0.39 is 0 Å². The van der Waals surface area contributed by atoms with Crippen molar-refractivity contribution in [2.75, 3.05) is 19.7 Å². The summed E-state index contributed by atoms with van der Waals surface area (Å²) in [4.78, 5) is 17.8. The third kappa shape index (κ3) is 4.95. The second kappa shape index (κ2) is 7.34. The molecule has 0 radical (unpaired) electrons. The topological polar surface area (TPSA) is 51.7 Å². The molecule has 1 aliphatic rings. The molecule has 114 valence electrons. The lowest BCUT2D eigenvalue weighted by Gasteiger charge is -2.31. The number of piperidine rings is 1. The molecule has 1 saturated heterocycles. The van der Waals surface area contributed by atoms with E-state index in [1.54, 1.807) is 11.1 Å². The molecule has 1 amide bonds. The maximum atomic E-state index is 11.8. The van der Waals surface area contributed by atoms with Crippen LogP contribution in [0.15, 0.2) is 18.3 Å². The number of ether oxygens (including phenoxy) is 2. The summed E-state index contributed by atoms with van der Waals surface area (Å²) in [5.41, 5.74) is 1.14. The molecule has 0 unspecified atom stereocenters. The highest BCUT2D eigenvalue weighted by atomic mass is 16.6. The largest absolute Gasteiger partial charge is 0.477 e. The van der Waals surface area contributed by atoms with Gasteiger partial charge in [0.1, 0.15) is 7.85 Å². The molecule has 2 rings (SSSR count). The Hall–Kier alpha value is -1.72. The van der Waals surface area contributed by atoms with E-state index in [-0.39, 0.29) is 12.2 Å². The first-order valence-corrected chi connectivity index (χ1v) is 7.55. The van der Waals surface area contributed by atoms with Crippen molar-refractivity contribution in [2.45, 2.75) is 32.8 Å². The Bertz CT molecular complexity index is 474. The Morgan fingerprint density at radius 1 is 1.48 bits per heavy atom. The van der Waals surface area contributed by atoms with Gasteiger partial charge in [0, 0.05) is 19.3 Å². The summed E-state index contributed by atoms with van der Waals surface area (Å²) < 4.78 is 11.0. The first-order valence-electron chi connectivity index (χ1n) is 7.55. The van der Waals surface area contributed by atoms with Gasteiger partial charge in [0.25, 0.3) is 0 Å². The van der Waals surface area contributed by atoms with Crippen LogP contribution in [0.5, 0.6) is 5.88 Å². The number of pyridine rings is 1. The second-order valence-electron chi connectivity index (χ2n) is 5.85. The molecule has 0 saturated carbocycles. The summed E-state index contributed by atoms with van der Waals surface area (Å²) in [7, 11) is 2.02. The summed E-state index contributed by atoms with van der Waals surface area (Å²) in [6, 6.07) is 3.89. The number of likely N-dealkylation sites (tertiary alicyclic amines) is 1. The van der Waals surface area contributed by atoms with Crippen LogP contribution in [0.2, 0.25) is 0 Å². The number of carbonyl (C=O) groups excluding carboxylic acids is 1. The van der Waals surface area contributed by atoms with Crippen molar-refractivity contribution in [3.8, 4) is 5.88 Å². The van der Waals surface area contributed by atoms with Gasteiger partial charge in [-0.3, -0.25) is 0 Å². The van der Waals surface area contributed by atoms with Crippen molar-refractivity contribution < 1.29 is 14.3 Å². The summed E-state index contributed by atoms with van der Waals surface area (Å²) in [6.45, 7) is 5.87. The molecule has 0 bridgehead atoms. The van der Waals surface area contributed by atoms with E-state index in [0.29, 0.717) is 18.4 Å². The summed E-state index contributed by atoms with van der Waals surface area (Å²) in [6.07, 6.45) is 3.38. The third-order valence-corrected chi connectivity index (χ3v) is 3.57. The van der Waals surface area contributed by atoms with Crippen LogP contribution in [0.25, 0.3) is 0 Å². The first-order chi connectivity index (χ1) is 10.0. The quantitative estimate of drug-likeness (QED) is 0.776. The number of aromatic nitrogens is 1. The van der Waals surface area contributed by atoms with E-state index in [0.717, 1.165) is 31.4 Å². The zero-order valence-corrected chi connectivity index (χ0v) is 13.0. The second-order valence-corrected chi connectivity index (χ2v) is 5.85. The number of carbonyl (C=O) groups is 1. The van der Waals surface area contributed by atoms with Crippen molar-refractivity contribution in [1.82, 2.24) is 9.88 Å². The lowest BCUT2D eigenvalue weighted by Crippen LogP contribution is -2.40. The first kappa shape index (κ1) is 15.7. The van der Waals surface area contributed by atoms with Crippen LogP contribution >= 0.6 is 0 Å². The highest BCUT2D eigenvalue weighted by molar-refractivity contribution is 6.32. The third-order valence-electron chi connectivity index (χ3n) is 3.57. The normalized spacial score (nSPS) is 16.0. The van der Waals surface area contributed by atoms with Gasteiger partial charge in [0.15, 0.2) is 0 Å². The number of rotatable bonds is 4. The van der Waals surface area contributed by atoms with Gasteiger partial charge in [-0.05, 0) is 44.7 Å². The summed E-state index contributed by atoms with van der Waals surface area (Å²) in [5.74, 6) is 1.15. The van der Waals surface area contributed by atoms with Gasteiger partial charge in [-0.1, -0.05) is 5.46 Å². The van der Waals surface area contributed by atoms with Crippen molar-refractivity contribution in [3.63, 3.8) is 0 Å². The molecular formula is C15H23BN2O3. The van der Waals surface area contributed by atoms with Crippen LogP contribution in [0.1, 0.15) is 26.7 Å². The van der Waals surface area contributed by atoms with Crippen molar-refractivity contribution in [3.05, 3.63) is 18.3 Å². The Labute approximate surface area is 127 Å². The maximum Gasteiger partial charge on any atom is 0.410 e. The minimum absolute atomic E-state index is 0.0639. The average Bonchev–Trinajstić information content (AvgIpc) is 2.45. The van der Waals surface area contributed by atoms with E-state index in [1.807, 2.05) is 33.8 Å². The van der Waals surface area contributed by atoms with Crippen LogP contribution in [0, 0.1) is 5.92 Å². The molecule has 21 heavy (non-hydrogen) atoms. The summed E-state index contributed by atoms with van der Waals surface area (Å²) in [5, 5.41) is 0. The van der Waals surface area contributed by atoms with E-state index in [1.165, 1.54) is 0 Å². The maximum absolute atomic E-state index is 11.8.